The van der Waals surface area contributed by atoms with Crippen LogP contribution < -0.4 is 25.8 Å². The van der Waals surface area contributed by atoms with E-state index < -0.39 is 0 Å². The van der Waals surface area contributed by atoms with Crippen LogP contribution in [0.25, 0.3) is 0 Å². The number of nitrogens with zero attached hydrogens (tertiary/aromatic N) is 2. The van der Waals surface area contributed by atoms with Crippen molar-refractivity contribution in [3.63, 3.8) is 0 Å². The summed E-state index contributed by atoms with van der Waals surface area (Å²) in [5.41, 5.74) is 7.06. The van der Waals surface area contributed by atoms with E-state index in [-0.39, 0.29) is 5.91 Å². The molecule has 2 aromatic rings. The van der Waals surface area contributed by atoms with Crippen LogP contribution >= 0.6 is 12.2 Å². The molecule has 28 heavy (non-hydrogen) atoms. The van der Waals surface area contributed by atoms with Gasteiger partial charge in [0, 0.05) is 43.2 Å². The number of amides is 1. The van der Waals surface area contributed by atoms with Gasteiger partial charge in [0.1, 0.15) is 0 Å². The summed E-state index contributed by atoms with van der Waals surface area (Å²) in [5, 5.41) is 6.87. The number of thiocarbonyl (C=S) groups is 1. The highest BCUT2D eigenvalue weighted by Crippen LogP contribution is 2.30. The molecule has 1 heterocycles. The smallest absolute Gasteiger partial charge is 0.217 e. The number of imidazole rings is 1. The predicted octanol–water partition coefficient (Wildman–Crippen LogP) is 2.22. The van der Waals surface area contributed by atoms with Crippen LogP contribution in [0.5, 0.6) is 11.5 Å². The number of aromatic nitrogens is 2. The number of hydrogen-bond donors (Lipinski definition) is 3. The van der Waals surface area contributed by atoms with Crippen molar-refractivity contribution in [2.24, 2.45) is 5.73 Å². The number of nitrogens with one attached hydrogen (secondary N) is 2. The normalized spacial score (nSPS) is 10.4. The van der Waals surface area contributed by atoms with Crippen LogP contribution in [-0.4, -0.2) is 40.8 Å². The maximum absolute atomic E-state index is 10.8. The number of carbonyl (C=O) groups is 1. The molecule has 0 aliphatic rings. The van der Waals surface area contributed by atoms with Gasteiger partial charge < -0.3 is 30.4 Å². The van der Waals surface area contributed by atoms with E-state index in [4.69, 9.17) is 27.4 Å². The fraction of sp³-hybridized carbons (Fsp3) is 0.421. The van der Waals surface area contributed by atoms with E-state index in [1.54, 1.807) is 13.2 Å². The number of carbonyl (C=O) groups excluding carboxylic acids is 1. The molecule has 0 radical (unpaired) electrons. The molecule has 0 aliphatic carbocycles. The second-order valence-electron chi connectivity index (χ2n) is 6.25. The number of ether oxygens (including phenoxy) is 2. The van der Waals surface area contributed by atoms with Crippen LogP contribution in [0.3, 0.4) is 0 Å². The molecule has 0 saturated carbocycles. The molecule has 152 valence electrons. The third-order valence-corrected chi connectivity index (χ3v) is 4.27. The monoisotopic (exact) mass is 405 g/mol. The summed E-state index contributed by atoms with van der Waals surface area (Å²) in [7, 11) is 1.57. The van der Waals surface area contributed by atoms with Crippen LogP contribution in [0.2, 0.25) is 0 Å². The third-order valence-electron chi connectivity index (χ3n) is 4.03. The first-order chi connectivity index (χ1) is 13.5. The Bertz CT molecular complexity index is 794. The largest absolute Gasteiger partial charge is 0.493 e. The highest BCUT2D eigenvalue weighted by Gasteiger charge is 2.07. The molecule has 4 N–H and O–H groups in total. The molecule has 0 aliphatic heterocycles. The van der Waals surface area contributed by atoms with Crippen LogP contribution in [0.15, 0.2) is 30.7 Å². The number of aryl methyl sites for hydroxylation is 2. The highest BCUT2D eigenvalue weighted by atomic mass is 32.1. The molecule has 9 heteroatoms. The van der Waals surface area contributed by atoms with Crippen molar-refractivity contribution < 1.29 is 14.3 Å². The van der Waals surface area contributed by atoms with Gasteiger partial charge in [0.2, 0.25) is 5.91 Å². The number of nitrogens with two attached hydrogens (primary N) is 1. The van der Waals surface area contributed by atoms with Gasteiger partial charge in [-0.15, -0.1) is 0 Å². The van der Waals surface area contributed by atoms with Crippen molar-refractivity contribution in [3.8, 4) is 11.5 Å². The van der Waals surface area contributed by atoms with Crippen molar-refractivity contribution in [2.45, 2.75) is 32.7 Å². The molecule has 0 spiro atoms. The minimum absolute atomic E-state index is 0.294. The Morgan fingerprint density at radius 3 is 2.82 bits per heavy atom. The molecule has 1 amide bonds. The van der Waals surface area contributed by atoms with Gasteiger partial charge >= 0.3 is 0 Å². The molecule has 0 atom stereocenters. The summed E-state index contributed by atoms with van der Waals surface area (Å²) in [4.78, 5) is 14.9. The van der Waals surface area contributed by atoms with E-state index in [0.29, 0.717) is 36.1 Å². The summed E-state index contributed by atoms with van der Waals surface area (Å²) in [5.74, 6) is 0.853. The zero-order chi connectivity index (χ0) is 20.4. The molecular formula is C19H27N5O3S. The number of hydrogen-bond acceptors (Lipinski definition) is 5. The van der Waals surface area contributed by atoms with Crippen molar-refractivity contribution in [2.75, 3.05) is 25.6 Å². The zero-order valence-electron chi connectivity index (χ0n) is 16.2. The third kappa shape index (κ3) is 7.07. The maximum atomic E-state index is 10.8. The second kappa shape index (κ2) is 11.1. The van der Waals surface area contributed by atoms with Gasteiger partial charge in [-0.25, -0.2) is 4.98 Å². The fourth-order valence-corrected chi connectivity index (χ4v) is 2.76. The van der Waals surface area contributed by atoms with E-state index >= 15 is 0 Å². The fourth-order valence-electron chi connectivity index (χ4n) is 2.54. The van der Waals surface area contributed by atoms with Crippen molar-refractivity contribution in [1.29, 1.82) is 0 Å². The Hall–Kier alpha value is -2.81. The first-order valence-corrected chi connectivity index (χ1v) is 9.51. The SMILES string of the molecule is COc1cc(NC(=S)NCCCn2cncc2C)ccc1OCCCC(N)=O. The van der Waals surface area contributed by atoms with Crippen LogP contribution in [0.1, 0.15) is 25.0 Å². The topological polar surface area (TPSA) is 103 Å². The Morgan fingerprint density at radius 1 is 1.32 bits per heavy atom. The van der Waals surface area contributed by atoms with E-state index in [2.05, 4.69) is 20.2 Å². The molecule has 2 rings (SSSR count). The minimum atomic E-state index is -0.337. The maximum Gasteiger partial charge on any atom is 0.217 e. The molecule has 1 aromatic heterocycles. The predicted molar refractivity (Wildman–Crippen MR) is 113 cm³/mol. The average molecular weight is 406 g/mol. The van der Waals surface area contributed by atoms with Gasteiger partial charge in [0.15, 0.2) is 16.6 Å². The minimum Gasteiger partial charge on any atom is -0.493 e. The van der Waals surface area contributed by atoms with Gasteiger partial charge in [-0.1, -0.05) is 0 Å². The van der Waals surface area contributed by atoms with Crippen molar-refractivity contribution in [3.05, 3.63) is 36.4 Å². The molecule has 0 fully saturated rings. The van der Waals surface area contributed by atoms with E-state index in [1.807, 2.05) is 31.6 Å². The second-order valence-corrected chi connectivity index (χ2v) is 6.66. The molecule has 0 bridgehead atoms. The zero-order valence-corrected chi connectivity index (χ0v) is 17.1. The first kappa shape index (κ1) is 21.5. The van der Waals surface area contributed by atoms with Gasteiger partial charge in [-0.2, -0.15) is 0 Å². The molecule has 8 nitrogen and oxygen atoms in total. The van der Waals surface area contributed by atoms with Crippen LogP contribution in [-0.2, 0) is 11.3 Å². The van der Waals surface area contributed by atoms with E-state index in [9.17, 15) is 4.79 Å². The lowest BCUT2D eigenvalue weighted by molar-refractivity contribution is -0.118. The lowest BCUT2D eigenvalue weighted by Crippen LogP contribution is -2.29. The number of benzene rings is 1. The lowest BCUT2D eigenvalue weighted by Gasteiger charge is -2.14. The lowest BCUT2D eigenvalue weighted by atomic mass is 10.2. The van der Waals surface area contributed by atoms with Crippen LogP contribution in [0, 0.1) is 6.92 Å². The van der Waals surface area contributed by atoms with Crippen LogP contribution in [0.4, 0.5) is 5.69 Å². The summed E-state index contributed by atoms with van der Waals surface area (Å²) in [6.07, 6.45) is 5.46. The number of anilines is 1. The standard InChI is InChI=1S/C19H27N5O3S/c1-14-12-21-13-24(14)9-4-8-22-19(28)23-15-6-7-16(17(11-15)26-2)27-10-3-5-18(20)25/h6-7,11-13H,3-5,8-10H2,1-2H3,(H2,20,25)(H2,22,23,28). The molecule has 0 saturated heterocycles. The highest BCUT2D eigenvalue weighted by molar-refractivity contribution is 7.80. The van der Waals surface area contributed by atoms with Crippen molar-refractivity contribution in [1.82, 2.24) is 14.9 Å². The van der Waals surface area contributed by atoms with Gasteiger partial charge in [0.25, 0.3) is 0 Å². The average Bonchev–Trinajstić information content (AvgIpc) is 3.07. The van der Waals surface area contributed by atoms with Gasteiger partial charge in [0.05, 0.1) is 20.0 Å². The Labute approximate surface area is 170 Å². The Morgan fingerprint density at radius 2 is 2.14 bits per heavy atom. The Balaban J connectivity index is 1.76. The summed E-state index contributed by atoms with van der Waals surface area (Å²) >= 11 is 5.34. The van der Waals surface area contributed by atoms with Gasteiger partial charge in [-0.05, 0) is 44.1 Å². The molecule has 0 unspecified atom stereocenters. The summed E-state index contributed by atoms with van der Waals surface area (Å²) < 4.78 is 13.1. The summed E-state index contributed by atoms with van der Waals surface area (Å²) in [6, 6.07) is 5.47. The number of rotatable bonds is 11. The Kier molecular flexibility index (Phi) is 8.54. The van der Waals surface area contributed by atoms with Gasteiger partial charge in [-0.3, -0.25) is 4.79 Å². The number of primary amides is 1. The van der Waals surface area contributed by atoms with E-state index in [1.165, 1.54) is 0 Å². The number of methoxy groups -OCH3 is 1. The first-order valence-electron chi connectivity index (χ1n) is 9.10. The van der Waals surface area contributed by atoms with Crippen molar-refractivity contribution >= 4 is 28.9 Å². The van der Waals surface area contributed by atoms with E-state index in [0.717, 1.165) is 30.9 Å². The molecular weight excluding hydrogens is 378 g/mol. The summed E-state index contributed by atoms with van der Waals surface area (Å²) in [6.45, 7) is 4.06. The quantitative estimate of drug-likeness (QED) is 0.389. The molecule has 1 aromatic carbocycles.